The van der Waals surface area contributed by atoms with Gasteiger partial charge in [0.1, 0.15) is 24.7 Å². The van der Waals surface area contributed by atoms with Gasteiger partial charge in [-0.1, -0.05) is 16.9 Å². The number of hydrogen-bond donors (Lipinski definition) is 2. The second-order valence-corrected chi connectivity index (χ2v) is 9.71. The Hall–Kier alpha value is -1.87. The predicted molar refractivity (Wildman–Crippen MR) is 117 cm³/mol. The van der Waals surface area contributed by atoms with E-state index in [9.17, 15) is 27.4 Å². The molecule has 0 aliphatic carbocycles. The van der Waals surface area contributed by atoms with Crippen LogP contribution < -0.4 is 40.2 Å². The van der Waals surface area contributed by atoms with Crippen LogP contribution in [0.2, 0.25) is 0 Å². The van der Waals surface area contributed by atoms with Gasteiger partial charge in [0.05, 0.1) is 6.04 Å². The molecule has 1 aliphatic heterocycles. The van der Waals surface area contributed by atoms with Crippen LogP contribution in [0.1, 0.15) is 5.69 Å². The summed E-state index contributed by atoms with van der Waals surface area (Å²) in [5.74, 6) is -2.99. The number of oxime groups is 1. The summed E-state index contributed by atoms with van der Waals surface area (Å²) in [6.07, 6.45) is 0. The number of hydrogen-bond acceptors (Lipinski definition) is 14. The van der Waals surface area contributed by atoms with Gasteiger partial charge in [0.2, 0.25) is 11.1 Å². The topological polar surface area (TPSA) is 214 Å². The van der Waals surface area contributed by atoms with Gasteiger partial charge in [-0.3, -0.25) is 14.4 Å². The third-order valence-electron chi connectivity index (χ3n) is 4.17. The molecule has 0 unspecified atom stereocenters. The molecule has 0 radical (unpaired) electrons. The maximum atomic E-state index is 12.9. The Balaban J connectivity index is 0.00000432. The minimum Gasteiger partial charge on any atom is -0.731 e. The number of anilines is 1. The fourth-order valence-corrected chi connectivity index (χ4v) is 5.43. The molecule has 35 heavy (non-hydrogen) atoms. The Labute approximate surface area is 233 Å². The van der Waals surface area contributed by atoms with Crippen molar-refractivity contribution >= 4 is 73.6 Å². The number of β-lactam (4-membered cyclic amide) rings is 1. The zero-order valence-electron chi connectivity index (χ0n) is 18.2. The molecule has 16 nitrogen and oxygen atoms in total. The van der Waals surface area contributed by atoms with E-state index in [2.05, 4.69) is 41.1 Å². The molecule has 1 fully saturated rings. The van der Waals surface area contributed by atoms with E-state index in [-0.39, 0.29) is 62.0 Å². The van der Waals surface area contributed by atoms with Crippen molar-refractivity contribution in [1.29, 1.82) is 0 Å². The zero-order valence-corrected chi connectivity index (χ0v) is 23.4. The number of carbonyl (C=O) groups is 3. The molecule has 3 amide bonds. The molecule has 0 spiro atoms. The first-order valence-corrected chi connectivity index (χ1v) is 12.7. The molecule has 0 saturated carbocycles. The standard InChI is InChI=1S/C14H16ClN9O7S3.Na/c1-23-14(19-21-22-23)33-5-7-10(12(27)24(7)34(28,29)30)18-11(26)9(20-31-2)6-4-32-13(16-6)17-8(25)3-15;/h4,7,10H,3,5H2,1-2H3,(H,18,26)(H,16,17,25)(H,28,29,30);/q;+1/p-1/t7-,10+;/m0./s1. The number of thioether (sulfide) groups is 1. The first kappa shape index (κ1) is 29.4. The Kier molecular flexibility index (Phi) is 10.4. The number of rotatable bonds is 10. The molecule has 0 bridgehead atoms. The van der Waals surface area contributed by atoms with Crippen LogP contribution in [0.25, 0.3) is 0 Å². The van der Waals surface area contributed by atoms with E-state index in [0.29, 0.717) is 5.16 Å². The average Bonchev–Trinajstić information content (AvgIpc) is 3.40. The van der Waals surface area contributed by atoms with Gasteiger partial charge in [-0.2, -0.15) is 0 Å². The van der Waals surface area contributed by atoms with Crippen LogP contribution in [0.3, 0.4) is 0 Å². The van der Waals surface area contributed by atoms with Crippen molar-refractivity contribution in [2.24, 2.45) is 12.2 Å². The van der Waals surface area contributed by atoms with Crippen LogP contribution in [0.15, 0.2) is 15.7 Å². The van der Waals surface area contributed by atoms with Crippen molar-refractivity contribution in [3.05, 3.63) is 11.1 Å². The van der Waals surface area contributed by atoms with Crippen LogP contribution in [-0.4, -0.2) is 96.7 Å². The number of carbonyl (C=O) groups excluding carboxylic acids is 3. The summed E-state index contributed by atoms with van der Waals surface area (Å²) in [6.45, 7) is 0. The predicted octanol–water partition coefficient (Wildman–Crippen LogP) is -4.85. The van der Waals surface area contributed by atoms with Gasteiger partial charge in [-0.05, 0) is 10.4 Å². The summed E-state index contributed by atoms with van der Waals surface area (Å²) in [5.41, 5.74) is -0.351. The number of alkyl halides is 1. The van der Waals surface area contributed by atoms with Gasteiger partial charge in [-0.15, -0.1) is 28.0 Å². The van der Waals surface area contributed by atoms with E-state index < -0.39 is 40.1 Å². The molecule has 0 aromatic carbocycles. The van der Waals surface area contributed by atoms with Crippen LogP contribution in [0.4, 0.5) is 5.13 Å². The second-order valence-electron chi connectivity index (χ2n) is 6.35. The van der Waals surface area contributed by atoms with E-state index in [4.69, 9.17) is 11.6 Å². The monoisotopic (exact) mass is 575 g/mol. The minimum absolute atomic E-state index is 0. The number of aryl methyl sites for hydroxylation is 1. The molecule has 2 aromatic rings. The maximum absolute atomic E-state index is 12.9. The van der Waals surface area contributed by atoms with Crippen molar-refractivity contribution in [3.63, 3.8) is 0 Å². The van der Waals surface area contributed by atoms with E-state index in [1.54, 1.807) is 7.05 Å². The van der Waals surface area contributed by atoms with E-state index >= 15 is 0 Å². The summed E-state index contributed by atoms with van der Waals surface area (Å²) >= 11 is 7.39. The molecule has 184 valence electrons. The molecule has 2 aromatic heterocycles. The van der Waals surface area contributed by atoms with E-state index in [1.807, 2.05) is 0 Å². The summed E-state index contributed by atoms with van der Waals surface area (Å²) in [4.78, 5) is 45.4. The minimum atomic E-state index is -5.13. The number of nitrogens with zero attached hydrogens (tertiary/aromatic N) is 7. The molecule has 3 heterocycles. The number of aromatic nitrogens is 5. The largest absolute Gasteiger partial charge is 1.00 e. The number of thiazole rings is 1. The van der Waals surface area contributed by atoms with Crippen molar-refractivity contribution < 1.29 is 61.7 Å². The first-order chi connectivity index (χ1) is 16.1. The Morgan fingerprint density at radius 1 is 1.43 bits per heavy atom. The first-order valence-electron chi connectivity index (χ1n) is 8.94. The number of nitrogens with one attached hydrogen (secondary N) is 2. The van der Waals surface area contributed by atoms with Crippen molar-refractivity contribution in [2.75, 3.05) is 24.1 Å². The molecule has 2 atom stereocenters. The van der Waals surface area contributed by atoms with Gasteiger partial charge >= 0.3 is 29.6 Å². The quantitative estimate of drug-likeness (QED) is 0.0519. The van der Waals surface area contributed by atoms with Gasteiger partial charge < -0.3 is 20.0 Å². The fraction of sp³-hybridized carbons (Fsp3) is 0.429. The molecular weight excluding hydrogens is 561 g/mol. The SMILES string of the molecule is CON=C(C(=O)N[C@H]1C(=O)N(S(=O)(=O)[O-])[C@H]1CSc1nnnn1C)c1csc(NC(=O)CCl)n1.[Na+]. The van der Waals surface area contributed by atoms with Gasteiger partial charge in [0.25, 0.3) is 11.8 Å². The van der Waals surface area contributed by atoms with Gasteiger partial charge in [-0.25, -0.2) is 22.4 Å². The van der Waals surface area contributed by atoms with Crippen molar-refractivity contribution in [1.82, 2.24) is 34.8 Å². The summed E-state index contributed by atoms with van der Waals surface area (Å²) < 4.78 is 36.1. The third kappa shape index (κ3) is 6.88. The second kappa shape index (κ2) is 12.4. The number of tetrazole rings is 1. The molecule has 2 N–H and O–H groups in total. The molecule has 3 rings (SSSR count). The van der Waals surface area contributed by atoms with Crippen LogP contribution in [0.5, 0.6) is 0 Å². The van der Waals surface area contributed by atoms with Gasteiger partial charge in [0, 0.05) is 18.2 Å². The maximum Gasteiger partial charge on any atom is 1.00 e. The molecule has 21 heteroatoms. The Morgan fingerprint density at radius 3 is 2.71 bits per heavy atom. The Bertz CT molecular complexity index is 1240. The third-order valence-corrected chi connectivity index (χ3v) is 7.22. The normalized spacial score (nSPS) is 17.9. The van der Waals surface area contributed by atoms with Crippen LogP contribution >= 0.6 is 34.7 Å². The van der Waals surface area contributed by atoms with Crippen molar-refractivity contribution in [2.45, 2.75) is 17.2 Å². The van der Waals surface area contributed by atoms with Crippen LogP contribution in [0, 0.1) is 0 Å². The van der Waals surface area contributed by atoms with Crippen LogP contribution in [-0.2, 0) is 36.6 Å². The fourth-order valence-electron chi connectivity index (χ4n) is 2.72. The zero-order chi connectivity index (χ0) is 25.0. The summed E-state index contributed by atoms with van der Waals surface area (Å²) in [6, 6.07) is -2.57. The van der Waals surface area contributed by atoms with Crippen molar-refractivity contribution in [3.8, 4) is 0 Å². The summed E-state index contributed by atoms with van der Waals surface area (Å²) in [5, 5.41) is 21.0. The number of halogens is 1. The van der Waals surface area contributed by atoms with Gasteiger partial charge in [0.15, 0.2) is 21.1 Å². The molecule has 1 saturated heterocycles. The smallest absolute Gasteiger partial charge is 0.731 e. The van der Waals surface area contributed by atoms with E-state index in [1.165, 1.54) is 17.2 Å². The molecular formula is C14H15ClN9NaO7S3. The average molecular weight is 576 g/mol. The summed E-state index contributed by atoms with van der Waals surface area (Å²) in [7, 11) is -2.42. The molecule has 1 aliphatic rings. The number of amides is 3. The Morgan fingerprint density at radius 2 is 2.14 bits per heavy atom. The van der Waals surface area contributed by atoms with E-state index in [0.717, 1.165) is 23.1 Å².